The molecule has 0 bridgehead atoms. The molecule has 1 aliphatic rings. The molecule has 0 aromatic heterocycles. The van der Waals surface area contributed by atoms with Crippen LogP contribution in [0, 0.1) is 5.82 Å². The molecule has 2 amide bonds. The van der Waals surface area contributed by atoms with Gasteiger partial charge in [-0.3, -0.25) is 4.79 Å². The topological polar surface area (TPSA) is 72.9 Å². The SMILES string of the molecule is CC(C)(C)OC(=O)[C@H]1C[C@H](c2ccc(F)cc2)CC(=O)N1C(=O)OC(C)(C)C. The number of esters is 1. The highest BCUT2D eigenvalue weighted by Gasteiger charge is 2.45. The Bertz CT molecular complexity index is 746. The van der Waals surface area contributed by atoms with Gasteiger partial charge in [-0.1, -0.05) is 12.1 Å². The van der Waals surface area contributed by atoms with Crippen LogP contribution >= 0.6 is 0 Å². The second kappa shape index (κ2) is 7.89. The van der Waals surface area contributed by atoms with Crippen molar-refractivity contribution in [2.75, 3.05) is 0 Å². The smallest absolute Gasteiger partial charge is 0.417 e. The summed E-state index contributed by atoms with van der Waals surface area (Å²) in [6, 6.07) is 4.68. The lowest BCUT2D eigenvalue weighted by atomic mass is 9.85. The van der Waals surface area contributed by atoms with E-state index in [0.29, 0.717) is 0 Å². The molecule has 1 aliphatic heterocycles. The van der Waals surface area contributed by atoms with Gasteiger partial charge in [-0.15, -0.1) is 0 Å². The zero-order valence-corrected chi connectivity index (χ0v) is 17.2. The van der Waals surface area contributed by atoms with Crippen LogP contribution in [0.1, 0.15) is 65.9 Å². The van der Waals surface area contributed by atoms with Crippen LogP contribution in [0.5, 0.6) is 0 Å². The Balaban J connectivity index is 2.33. The second-order valence-corrected chi connectivity index (χ2v) is 8.98. The summed E-state index contributed by atoms with van der Waals surface area (Å²) in [5, 5.41) is 0. The summed E-state index contributed by atoms with van der Waals surface area (Å²) in [5.74, 6) is -1.90. The van der Waals surface area contributed by atoms with Gasteiger partial charge >= 0.3 is 12.1 Å². The van der Waals surface area contributed by atoms with Crippen LogP contribution in [0.2, 0.25) is 0 Å². The van der Waals surface area contributed by atoms with Crippen molar-refractivity contribution in [2.45, 2.75) is 77.5 Å². The van der Waals surface area contributed by atoms with E-state index in [4.69, 9.17) is 9.47 Å². The molecule has 154 valence electrons. The van der Waals surface area contributed by atoms with E-state index in [9.17, 15) is 18.8 Å². The molecule has 6 nitrogen and oxygen atoms in total. The third-order valence-electron chi connectivity index (χ3n) is 4.12. The number of hydrogen-bond acceptors (Lipinski definition) is 5. The summed E-state index contributed by atoms with van der Waals surface area (Å²) in [6.45, 7) is 10.2. The number of carbonyl (C=O) groups is 3. The first-order chi connectivity index (χ1) is 12.8. The number of benzene rings is 1. The molecule has 0 unspecified atom stereocenters. The molecule has 0 radical (unpaired) electrons. The maximum Gasteiger partial charge on any atom is 0.417 e. The Morgan fingerprint density at radius 2 is 1.54 bits per heavy atom. The van der Waals surface area contributed by atoms with Crippen molar-refractivity contribution in [3.8, 4) is 0 Å². The molecule has 2 rings (SSSR count). The normalized spacial score (nSPS) is 20.7. The van der Waals surface area contributed by atoms with Crippen molar-refractivity contribution >= 4 is 18.0 Å². The molecule has 2 atom stereocenters. The summed E-state index contributed by atoms with van der Waals surface area (Å²) >= 11 is 0. The molecule has 1 aromatic rings. The van der Waals surface area contributed by atoms with Crippen LogP contribution in [0.25, 0.3) is 0 Å². The van der Waals surface area contributed by atoms with Crippen LogP contribution in [0.4, 0.5) is 9.18 Å². The summed E-state index contributed by atoms with van der Waals surface area (Å²) < 4.78 is 24.0. The molecule has 7 heteroatoms. The van der Waals surface area contributed by atoms with Crippen molar-refractivity contribution in [3.63, 3.8) is 0 Å². The predicted octanol–water partition coefficient (Wildman–Crippen LogP) is 4.18. The molecule has 1 saturated heterocycles. The number of piperidine rings is 1. The standard InChI is InChI=1S/C21H28FNO5/c1-20(2,3)27-18(25)16-11-14(13-7-9-15(22)10-8-13)12-17(24)23(16)19(26)28-21(4,5)6/h7-10,14,16H,11-12H2,1-6H3/t14-,16+/m0/s1. The lowest BCUT2D eigenvalue weighted by molar-refractivity contribution is -0.166. The maximum atomic E-state index is 13.2. The molecule has 28 heavy (non-hydrogen) atoms. The van der Waals surface area contributed by atoms with Crippen molar-refractivity contribution in [2.24, 2.45) is 0 Å². The van der Waals surface area contributed by atoms with Gasteiger partial charge in [-0.2, -0.15) is 0 Å². The number of hydrogen-bond donors (Lipinski definition) is 0. The van der Waals surface area contributed by atoms with E-state index in [-0.39, 0.29) is 24.6 Å². The zero-order valence-electron chi connectivity index (χ0n) is 17.2. The molecular weight excluding hydrogens is 365 g/mol. The van der Waals surface area contributed by atoms with Crippen LogP contribution in [-0.4, -0.2) is 40.1 Å². The van der Waals surface area contributed by atoms with E-state index in [1.54, 1.807) is 53.7 Å². The first-order valence-corrected chi connectivity index (χ1v) is 9.30. The van der Waals surface area contributed by atoms with Gasteiger partial charge in [0.25, 0.3) is 0 Å². The Morgan fingerprint density at radius 3 is 2.04 bits per heavy atom. The highest BCUT2D eigenvalue weighted by molar-refractivity contribution is 5.98. The molecule has 1 fully saturated rings. The monoisotopic (exact) mass is 393 g/mol. The number of imide groups is 1. The number of halogens is 1. The van der Waals surface area contributed by atoms with E-state index < -0.39 is 35.2 Å². The second-order valence-electron chi connectivity index (χ2n) is 8.98. The molecule has 0 saturated carbocycles. The van der Waals surface area contributed by atoms with Gasteiger partial charge < -0.3 is 9.47 Å². The Hall–Kier alpha value is -2.44. The largest absolute Gasteiger partial charge is 0.458 e. The van der Waals surface area contributed by atoms with Gasteiger partial charge in [0.1, 0.15) is 23.1 Å². The third kappa shape index (κ3) is 5.78. The zero-order chi connectivity index (χ0) is 21.3. The molecular formula is C21H28FNO5. The summed E-state index contributed by atoms with van der Waals surface area (Å²) in [6.07, 6.45) is -0.665. The van der Waals surface area contributed by atoms with E-state index in [2.05, 4.69) is 0 Å². The fourth-order valence-electron chi connectivity index (χ4n) is 3.04. The lowest BCUT2D eigenvalue weighted by Crippen LogP contribution is -2.55. The first-order valence-electron chi connectivity index (χ1n) is 9.30. The summed E-state index contributed by atoms with van der Waals surface area (Å²) in [7, 11) is 0. The predicted molar refractivity (Wildman–Crippen MR) is 101 cm³/mol. The minimum atomic E-state index is -1.11. The van der Waals surface area contributed by atoms with Crippen molar-refractivity contribution < 1.29 is 28.2 Å². The summed E-state index contributed by atoms with van der Waals surface area (Å²) in [5.41, 5.74) is -0.862. The van der Waals surface area contributed by atoms with Gasteiger partial charge in [0.15, 0.2) is 0 Å². The number of likely N-dealkylation sites (tertiary alicyclic amines) is 1. The van der Waals surface area contributed by atoms with Crippen LogP contribution < -0.4 is 0 Å². The first kappa shape index (κ1) is 21.9. The van der Waals surface area contributed by atoms with Crippen LogP contribution in [0.3, 0.4) is 0 Å². The molecule has 0 spiro atoms. The number of carbonyl (C=O) groups excluding carboxylic acids is 3. The Labute approximate surface area is 165 Å². The minimum absolute atomic E-state index is 0.0180. The van der Waals surface area contributed by atoms with Gasteiger partial charge in [0, 0.05) is 6.42 Å². The van der Waals surface area contributed by atoms with Crippen LogP contribution in [-0.2, 0) is 19.1 Å². The van der Waals surface area contributed by atoms with Gasteiger partial charge in [0.2, 0.25) is 5.91 Å². The van der Waals surface area contributed by atoms with Crippen molar-refractivity contribution in [1.82, 2.24) is 4.90 Å². The summed E-state index contributed by atoms with van der Waals surface area (Å²) in [4.78, 5) is 39.1. The Kier molecular flexibility index (Phi) is 6.16. The lowest BCUT2D eigenvalue weighted by Gasteiger charge is -2.38. The molecule has 0 N–H and O–H groups in total. The molecule has 1 aromatic carbocycles. The van der Waals surface area contributed by atoms with Gasteiger partial charge in [0.05, 0.1) is 0 Å². The van der Waals surface area contributed by atoms with Crippen molar-refractivity contribution in [1.29, 1.82) is 0 Å². The average molecular weight is 393 g/mol. The molecule has 1 heterocycles. The van der Waals surface area contributed by atoms with Crippen molar-refractivity contribution in [3.05, 3.63) is 35.6 Å². The van der Waals surface area contributed by atoms with E-state index in [1.165, 1.54) is 12.1 Å². The van der Waals surface area contributed by atoms with E-state index >= 15 is 0 Å². The van der Waals surface area contributed by atoms with E-state index in [0.717, 1.165) is 10.5 Å². The number of ether oxygens (including phenoxy) is 2. The van der Waals surface area contributed by atoms with Gasteiger partial charge in [-0.25, -0.2) is 18.9 Å². The highest BCUT2D eigenvalue weighted by atomic mass is 19.1. The fraction of sp³-hybridized carbons (Fsp3) is 0.571. The minimum Gasteiger partial charge on any atom is -0.458 e. The number of amides is 2. The number of nitrogens with zero attached hydrogens (tertiary/aromatic N) is 1. The third-order valence-corrected chi connectivity index (χ3v) is 4.12. The maximum absolute atomic E-state index is 13.2. The van der Waals surface area contributed by atoms with Crippen LogP contribution in [0.15, 0.2) is 24.3 Å². The fourth-order valence-corrected chi connectivity index (χ4v) is 3.04. The number of rotatable bonds is 2. The highest BCUT2D eigenvalue weighted by Crippen LogP contribution is 2.34. The Morgan fingerprint density at radius 1 is 1.00 bits per heavy atom. The van der Waals surface area contributed by atoms with E-state index in [1.807, 2.05) is 0 Å². The average Bonchev–Trinajstić information content (AvgIpc) is 2.51. The molecule has 0 aliphatic carbocycles. The quantitative estimate of drug-likeness (QED) is 0.705. The van der Waals surface area contributed by atoms with Gasteiger partial charge in [-0.05, 0) is 71.6 Å².